The van der Waals surface area contributed by atoms with Crippen molar-refractivity contribution in [3.63, 3.8) is 0 Å². The first-order valence-electron chi connectivity index (χ1n) is 6.56. The van der Waals surface area contributed by atoms with Crippen molar-refractivity contribution >= 4 is 5.91 Å². The molecule has 3 heteroatoms. The van der Waals surface area contributed by atoms with Gasteiger partial charge >= 0.3 is 0 Å². The number of halogens is 1. The van der Waals surface area contributed by atoms with E-state index in [1.165, 1.54) is 0 Å². The van der Waals surface area contributed by atoms with Crippen LogP contribution in [0.25, 0.3) is 0 Å². The lowest BCUT2D eigenvalue weighted by Gasteiger charge is -2.36. The molecular weight excluding hydrogens is 229 g/mol. The van der Waals surface area contributed by atoms with Gasteiger partial charge in [0.25, 0.3) is 5.91 Å². The molecule has 0 radical (unpaired) electrons. The maximum Gasteiger partial charge on any atom is 0.257 e. The Kier molecular flexibility index (Phi) is 3.69. The molecule has 0 saturated carbocycles. The molecule has 0 bridgehead atoms. The van der Waals surface area contributed by atoms with Crippen molar-refractivity contribution in [3.8, 4) is 0 Å². The van der Waals surface area contributed by atoms with E-state index in [-0.39, 0.29) is 23.3 Å². The van der Waals surface area contributed by atoms with E-state index in [4.69, 9.17) is 0 Å². The van der Waals surface area contributed by atoms with Crippen molar-refractivity contribution < 1.29 is 9.18 Å². The quantitative estimate of drug-likeness (QED) is 0.747. The molecule has 98 valence electrons. The number of aryl methyl sites for hydroxylation is 1. The van der Waals surface area contributed by atoms with Crippen molar-refractivity contribution in [1.82, 2.24) is 4.90 Å². The average Bonchev–Trinajstić information content (AvgIpc) is 2.32. The van der Waals surface area contributed by atoms with Crippen LogP contribution in [0, 0.1) is 18.7 Å². The molecule has 1 aliphatic rings. The molecule has 0 aliphatic carbocycles. The fourth-order valence-electron chi connectivity index (χ4n) is 2.68. The number of benzene rings is 1. The first kappa shape index (κ1) is 13.1. The molecule has 0 aromatic heterocycles. The summed E-state index contributed by atoms with van der Waals surface area (Å²) in [5.74, 6) is 0.0929. The number of carbonyl (C=O) groups is 1. The van der Waals surface area contributed by atoms with Gasteiger partial charge in [-0.1, -0.05) is 19.1 Å². The molecule has 1 amide bonds. The van der Waals surface area contributed by atoms with Gasteiger partial charge in [0.15, 0.2) is 0 Å². The summed E-state index contributed by atoms with van der Waals surface area (Å²) in [5.41, 5.74) is 0.732. The summed E-state index contributed by atoms with van der Waals surface area (Å²) in [6, 6.07) is 5.20. The fourth-order valence-corrected chi connectivity index (χ4v) is 2.68. The van der Waals surface area contributed by atoms with Gasteiger partial charge in [-0.25, -0.2) is 4.39 Å². The topological polar surface area (TPSA) is 20.3 Å². The molecule has 0 spiro atoms. The lowest BCUT2D eigenvalue weighted by atomic mass is 9.92. The summed E-state index contributed by atoms with van der Waals surface area (Å²) >= 11 is 0. The van der Waals surface area contributed by atoms with Crippen LogP contribution in [-0.4, -0.2) is 23.4 Å². The highest BCUT2D eigenvalue weighted by Crippen LogP contribution is 2.25. The summed E-state index contributed by atoms with van der Waals surface area (Å²) in [7, 11) is 0. The number of hydrogen-bond acceptors (Lipinski definition) is 1. The first-order chi connectivity index (χ1) is 8.50. The minimum atomic E-state index is -0.381. The number of nitrogens with zero attached hydrogens (tertiary/aromatic N) is 1. The van der Waals surface area contributed by atoms with Crippen LogP contribution < -0.4 is 0 Å². The Balaban J connectivity index is 2.23. The number of hydrogen-bond donors (Lipinski definition) is 0. The highest BCUT2D eigenvalue weighted by atomic mass is 19.1. The molecule has 0 N–H and O–H groups in total. The van der Waals surface area contributed by atoms with Crippen molar-refractivity contribution in [2.75, 3.05) is 6.54 Å². The maximum absolute atomic E-state index is 14.0. The molecule has 2 nitrogen and oxygen atoms in total. The molecule has 18 heavy (non-hydrogen) atoms. The van der Waals surface area contributed by atoms with E-state index < -0.39 is 0 Å². The van der Waals surface area contributed by atoms with Crippen LogP contribution >= 0.6 is 0 Å². The van der Waals surface area contributed by atoms with Gasteiger partial charge in [0.05, 0.1) is 5.56 Å². The Morgan fingerprint density at radius 1 is 1.39 bits per heavy atom. The zero-order valence-corrected chi connectivity index (χ0v) is 11.2. The summed E-state index contributed by atoms with van der Waals surface area (Å²) in [4.78, 5) is 14.2. The lowest BCUT2D eigenvalue weighted by molar-refractivity contribution is 0.0583. The van der Waals surface area contributed by atoms with Gasteiger partial charge in [0.2, 0.25) is 0 Å². The van der Waals surface area contributed by atoms with Crippen LogP contribution in [0.15, 0.2) is 18.2 Å². The van der Waals surface area contributed by atoms with Gasteiger partial charge in [-0.15, -0.1) is 0 Å². The highest BCUT2D eigenvalue weighted by Gasteiger charge is 2.28. The van der Waals surface area contributed by atoms with E-state index in [1.54, 1.807) is 30.0 Å². The Labute approximate surface area is 108 Å². The molecule has 1 fully saturated rings. The number of carbonyl (C=O) groups excluding carboxylic acids is 1. The van der Waals surface area contributed by atoms with Crippen LogP contribution in [-0.2, 0) is 0 Å². The normalized spacial score (nSPS) is 24.1. The van der Waals surface area contributed by atoms with Gasteiger partial charge in [-0.2, -0.15) is 0 Å². The van der Waals surface area contributed by atoms with E-state index in [9.17, 15) is 9.18 Å². The Bertz CT molecular complexity index is 458. The minimum absolute atomic E-state index is 0.171. The van der Waals surface area contributed by atoms with E-state index >= 15 is 0 Å². The summed E-state index contributed by atoms with van der Waals surface area (Å²) in [6.45, 7) is 6.66. The van der Waals surface area contributed by atoms with Gasteiger partial charge < -0.3 is 4.90 Å². The fraction of sp³-hybridized carbons (Fsp3) is 0.533. The predicted octanol–water partition coefficient (Wildman–Crippen LogP) is 3.39. The zero-order valence-electron chi connectivity index (χ0n) is 11.2. The highest BCUT2D eigenvalue weighted by molar-refractivity contribution is 5.95. The van der Waals surface area contributed by atoms with Crippen molar-refractivity contribution in [2.24, 2.45) is 5.92 Å². The largest absolute Gasteiger partial charge is 0.336 e. The van der Waals surface area contributed by atoms with Crippen LogP contribution in [0.4, 0.5) is 4.39 Å². The van der Waals surface area contributed by atoms with Crippen LogP contribution in [0.3, 0.4) is 0 Å². The average molecular weight is 249 g/mol. The molecule has 2 unspecified atom stereocenters. The molecule has 2 atom stereocenters. The molecule has 2 rings (SSSR count). The first-order valence-corrected chi connectivity index (χ1v) is 6.56. The number of piperidine rings is 1. The number of likely N-dealkylation sites (tertiary alicyclic amines) is 1. The summed E-state index contributed by atoms with van der Waals surface area (Å²) in [6.07, 6.45) is 2.00. The maximum atomic E-state index is 14.0. The van der Waals surface area contributed by atoms with Crippen LogP contribution in [0.2, 0.25) is 0 Å². The number of amides is 1. The molecule has 1 aromatic rings. The molecule has 1 heterocycles. The Morgan fingerprint density at radius 2 is 2.11 bits per heavy atom. The standard InChI is InChI=1S/C15H20FNO/c1-10-7-8-17(12(3)9-10)15(18)13-6-4-5-11(2)14(13)16/h4-6,10,12H,7-9H2,1-3H3. The molecule has 1 aromatic carbocycles. The third-order valence-corrected chi connectivity index (χ3v) is 3.82. The van der Waals surface area contributed by atoms with Crippen molar-refractivity contribution in [3.05, 3.63) is 35.1 Å². The lowest BCUT2D eigenvalue weighted by Crippen LogP contribution is -2.44. The smallest absolute Gasteiger partial charge is 0.257 e. The summed E-state index contributed by atoms with van der Waals surface area (Å²) < 4.78 is 14.0. The predicted molar refractivity (Wildman–Crippen MR) is 70.0 cm³/mol. The van der Waals surface area contributed by atoms with E-state index in [0.717, 1.165) is 19.4 Å². The second-order valence-corrected chi connectivity index (χ2v) is 5.41. The number of rotatable bonds is 1. The van der Waals surface area contributed by atoms with Crippen LogP contribution in [0.5, 0.6) is 0 Å². The van der Waals surface area contributed by atoms with Crippen LogP contribution in [0.1, 0.15) is 42.6 Å². The second-order valence-electron chi connectivity index (χ2n) is 5.41. The molecule has 1 saturated heterocycles. The molecular formula is C15H20FNO. The van der Waals surface area contributed by atoms with Gasteiger partial charge in [-0.05, 0) is 44.2 Å². The SMILES string of the molecule is Cc1cccc(C(=O)N2CCC(C)CC2C)c1F. The van der Waals surface area contributed by atoms with E-state index in [1.807, 2.05) is 6.92 Å². The van der Waals surface area contributed by atoms with E-state index in [0.29, 0.717) is 11.5 Å². The summed E-state index contributed by atoms with van der Waals surface area (Å²) in [5, 5.41) is 0. The van der Waals surface area contributed by atoms with Crippen molar-refractivity contribution in [2.45, 2.75) is 39.7 Å². The van der Waals surface area contributed by atoms with Gasteiger partial charge in [-0.3, -0.25) is 4.79 Å². The van der Waals surface area contributed by atoms with Gasteiger partial charge in [0, 0.05) is 12.6 Å². The van der Waals surface area contributed by atoms with Gasteiger partial charge in [0.1, 0.15) is 5.82 Å². The third-order valence-electron chi connectivity index (χ3n) is 3.82. The van der Waals surface area contributed by atoms with Crippen molar-refractivity contribution in [1.29, 1.82) is 0 Å². The third kappa shape index (κ3) is 2.40. The molecule has 1 aliphatic heterocycles. The zero-order chi connectivity index (χ0) is 13.3. The second kappa shape index (κ2) is 5.09. The minimum Gasteiger partial charge on any atom is -0.336 e. The monoisotopic (exact) mass is 249 g/mol. The Morgan fingerprint density at radius 3 is 2.78 bits per heavy atom. The Hall–Kier alpha value is -1.38. The van der Waals surface area contributed by atoms with E-state index in [2.05, 4.69) is 6.92 Å².